The number of carboxylic acids is 1. The van der Waals surface area contributed by atoms with Crippen LogP contribution in [0.25, 0.3) is 17.5 Å². The molecule has 172 valence electrons. The normalized spacial score (nSPS) is 13.7. The van der Waals surface area contributed by atoms with Crippen molar-refractivity contribution in [1.29, 1.82) is 0 Å². The van der Waals surface area contributed by atoms with Gasteiger partial charge in [0.15, 0.2) is 0 Å². The molecule has 0 bridgehead atoms. The topological polar surface area (TPSA) is 93.8 Å². The van der Waals surface area contributed by atoms with Crippen LogP contribution in [-0.4, -0.2) is 29.3 Å². The summed E-state index contributed by atoms with van der Waals surface area (Å²) in [7, 11) is 0. The number of hydroxylamine groups is 1. The van der Waals surface area contributed by atoms with E-state index in [1.54, 1.807) is 6.08 Å². The average molecular weight is 449 g/mol. The number of ether oxygens (including phenoxy) is 1. The molecule has 1 aliphatic rings. The van der Waals surface area contributed by atoms with Crippen molar-refractivity contribution >= 4 is 12.0 Å². The molecule has 0 radical (unpaired) electrons. The molecule has 33 heavy (non-hydrogen) atoms. The smallest absolute Gasteiger partial charge is 0.309 e. The number of aromatic nitrogens is 1. The lowest BCUT2D eigenvalue weighted by molar-refractivity contribution is -0.136. The molecule has 0 spiro atoms. The maximum atomic E-state index is 11.1. The first-order chi connectivity index (χ1) is 16.1. The largest absolute Gasteiger partial charge is 0.493 e. The maximum absolute atomic E-state index is 11.1. The van der Waals surface area contributed by atoms with Crippen LogP contribution in [0.1, 0.15) is 36.3 Å². The number of nitrogens with zero attached hydrogens (tertiary/aromatic N) is 1. The van der Waals surface area contributed by atoms with E-state index >= 15 is 0 Å². The highest BCUT2D eigenvalue weighted by molar-refractivity contribution is 5.72. The second-order valence-electron chi connectivity index (χ2n) is 8.15. The number of benzene rings is 2. The van der Waals surface area contributed by atoms with Gasteiger partial charge in [0.05, 0.1) is 25.3 Å². The third-order valence-corrected chi connectivity index (χ3v) is 5.30. The van der Waals surface area contributed by atoms with Gasteiger partial charge in [-0.05, 0) is 61.6 Å². The quantitative estimate of drug-likeness (QED) is 0.376. The molecule has 3 aromatic rings. The van der Waals surface area contributed by atoms with Crippen LogP contribution < -0.4 is 10.2 Å². The molecular weight excluding hydrogens is 420 g/mol. The summed E-state index contributed by atoms with van der Waals surface area (Å²) in [4.78, 5) is 21.2. The molecule has 0 unspecified atom stereocenters. The Balaban J connectivity index is 1.30. The molecule has 1 aromatic heterocycles. The zero-order valence-corrected chi connectivity index (χ0v) is 18.6. The molecule has 1 heterocycles. The van der Waals surface area contributed by atoms with Crippen LogP contribution in [0.5, 0.6) is 5.75 Å². The van der Waals surface area contributed by atoms with E-state index in [2.05, 4.69) is 10.5 Å². The van der Waals surface area contributed by atoms with E-state index in [0.717, 1.165) is 28.3 Å². The second kappa shape index (κ2) is 10.8. The van der Waals surface area contributed by atoms with Gasteiger partial charge in [0, 0.05) is 17.7 Å². The monoisotopic (exact) mass is 448 g/mol. The Morgan fingerprint density at radius 3 is 2.64 bits per heavy atom. The van der Waals surface area contributed by atoms with Crippen molar-refractivity contribution < 1.29 is 23.9 Å². The van der Waals surface area contributed by atoms with E-state index < -0.39 is 5.97 Å². The first-order valence-corrected chi connectivity index (χ1v) is 11.1. The van der Waals surface area contributed by atoms with Crippen LogP contribution in [-0.2, 0) is 16.1 Å². The van der Waals surface area contributed by atoms with Crippen LogP contribution in [0, 0.1) is 12.8 Å². The summed E-state index contributed by atoms with van der Waals surface area (Å²) in [5.74, 6) is 1.81. The Kier molecular flexibility index (Phi) is 7.42. The Labute approximate surface area is 193 Å². The Morgan fingerprint density at radius 1 is 1.18 bits per heavy atom. The average Bonchev–Trinajstić information content (AvgIpc) is 3.56. The van der Waals surface area contributed by atoms with Gasteiger partial charge in [0.2, 0.25) is 5.89 Å². The van der Waals surface area contributed by atoms with Crippen molar-refractivity contribution in [2.24, 2.45) is 5.92 Å². The number of hydrogen-bond acceptors (Lipinski definition) is 6. The molecule has 0 atom stereocenters. The highest BCUT2D eigenvalue weighted by Gasteiger charge is 2.21. The molecule has 1 fully saturated rings. The maximum Gasteiger partial charge on any atom is 0.309 e. The fourth-order valence-corrected chi connectivity index (χ4v) is 3.31. The highest BCUT2D eigenvalue weighted by atomic mass is 16.6. The molecule has 0 aliphatic heterocycles. The van der Waals surface area contributed by atoms with Crippen LogP contribution in [0.2, 0.25) is 0 Å². The van der Waals surface area contributed by atoms with Gasteiger partial charge in [-0.25, -0.2) is 4.98 Å². The molecule has 7 nitrogen and oxygen atoms in total. The lowest BCUT2D eigenvalue weighted by Crippen LogP contribution is -2.18. The van der Waals surface area contributed by atoms with Gasteiger partial charge in [0.1, 0.15) is 11.5 Å². The van der Waals surface area contributed by atoms with E-state index in [4.69, 9.17) is 19.1 Å². The first-order valence-electron chi connectivity index (χ1n) is 11.1. The van der Waals surface area contributed by atoms with Crippen molar-refractivity contribution in [2.45, 2.75) is 32.6 Å². The number of aryl methyl sites for hydroxylation is 1. The summed E-state index contributed by atoms with van der Waals surface area (Å²) in [5.41, 5.74) is 5.99. The zero-order valence-electron chi connectivity index (χ0n) is 18.6. The van der Waals surface area contributed by atoms with E-state index in [9.17, 15) is 4.79 Å². The van der Waals surface area contributed by atoms with E-state index in [1.165, 1.54) is 12.8 Å². The molecule has 1 saturated carbocycles. The number of carboxylic acid groups (broad SMARTS) is 1. The van der Waals surface area contributed by atoms with Gasteiger partial charge in [-0.3, -0.25) is 15.1 Å². The summed E-state index contributed by atoms with van der Waals surface area (Å²) in [5, 5.41) is 9.14. The van der Waals surface area contributed by atoms with E-state index in [0.29, 0.717) is 37.1 Å². The van der Waals surface area contributed by atoms with Crippen LogP contribution in [0.15, 0.2) is 64.7 Å². The molecule has 1 aliphatic carbocycles. The van der Waals surface area contributed by atoms with Gasteiger partial charge in [0.25, 0.3) is 0 Å². The van der Waals surface area contributed by atoms with Gasteiger partial charge in [-0.1, -0.05) is 30.3 Å². The van der Waals surface area contributed by atoms with Gasteiger partial charge >= 0.3 is 5.97 Å². The highest BCUT2D eigenvalue weighted by Crippen LogP contribution is 2.28. The number of carbonyl (C=O) groups is 1. The number of hydrogen-bond donors (Lipinski definition) is 2. The van der Waals surface area contributed by atoms with Crippen LogP contribution in [0.3, 0.4) is 0 Å². The molecule has 0 amide bonds. The van der Waals surface area contributed by atoms with Crippen LogP contribution in [0.4, 0.5) is 0 Å². The van der Waals surface area contributed by atoms with Gasteiger partial charge in [-0.15, -0.1) is 0 Å². The molecule has 2 N–H and O–H groups in total. The van der Waals surface area contributed by atoms with Gasteiger partial charge < -0.3 is 14.3 Å². The fraction of sp³-hybridized carbons (Fsp3) is 0.308. The van der Waals surface area contributed by atoms with Crippen molar-refractivity contribution in [3.63, 3.8) is 0 Å². The minimum Gasteiger partial charge on any atom is -0.493 e. The number of aliphatic carboxylic acids is 1. The SMILES string of the molecule is Cc1oc(-c2ccccc2)nc1CCOc1ccc(C=C(CC(=O)O)NOCC2CC2)cc1. The molecule has 7 heteroatoms. The molecular formula is C26H28N2O5. The summed E-state index contributed by atoms with van der Waals surface area (Å²) < 4.78 is 11.7. The van der Waals surface area contributed by atoms with Crippen molar-refractivity contribution in [1.82, 2.24) is 10.5 Å². The molecule has 2 aromatic carbocycles. The fourth-order valence-electron chi connectivity index (χ4n) is 3.31. The lowest BCUT2D eigenvalue weighted by Gasteiger charge is -2.10. The predicted molar refractivity (Wildman–Crippen MR) is 124 cm³/mol. The number of nitrogens with one attached hydrogen (secondary N) is 1. The summed E-state index contributed by atoms with van der Waals surface area (Å²) in [6.45, 7) is 2.98. The number of rotatable bonds is 12. The second-order valence-corrected chi connectivity index (χ2v) is 8.15. The summed E-state index contributed by atoms with van der Waals surface area (Å²) in [6, 6.07) is 17.3. The summed E-state index contributed by atoms with van der Waals surface area (Å²) >= 11 is 0. The van der Waals surface area contributed by atoms with E-state index in [1.807, 2.05) is 61.5 Å². The summed E-state index contributed by atoms with van der Waals surface area (Å²) in [6.07, 6.45) is 4.62. The van der Waals surface area contributed by atoms with Gasteiger partial charge in [-0.2, -0.15) is 0 Å². The standard InChI is InChI=1S/C26H28N2O5/c1-18-24(27-26(33-18)21-5-3-2-4-6-21)13-14-31-23-11-9-19(10-12-23)15-22(16-25(29)30)28-32-17-20-7-8-20/h2-6,9-12,15,20,28H,7-8,13-14,16-17H2,1H3,(H,29,30). The van der Waals surface area contributed by atoms with Crippen molar-refractivity contribution in [3.8, 4) is 17.2 Å². The third kappa shape index (κ3) is 6.95. The Morgan fingerprint density at radius 2 is 1.94 bits per heavy atom. The van der Waals surface area contributed by atoms with Crippen molar-refractivity contribution in [2.75, 3.05) is 13.2 Å². The Hall–Kier alpha value is -3.58. The molecule has 0 saturated heterocycles. The predicted octanol–water partition coefficient (Wildman–Crippen LogP) is 5.02. The molecule has 4 rings (SSSR count). The first kappa shape index (κ1) is 22.6. The number of oxazole rings is 1. The zero-order chi connectivity index (χ0) is 23.0. The third-order valence-electron chi connectivity index (χ3n) is 5.30. The van der Waals surface area contributed by atoms with E-state index in [-0.39, 0.29) is 6.42 Å². The van der Waals surface area contributed by atoms with Crippen molar-refractivity contribution in [3.05, 3.63) is 77.3 Å². The lowest BCUT2D eigenvalue weighted by atomic mass is 10.1. The minimum absolute atomic E-state index is 0.134. The Bertz CT molecular complexity index is 1090. The minimum atomic E-state index is -0.915. The van der Waals surface area contributed by atoms with Crippen LogP contribution >= 0.6 is 0 Å².